The van der Waals surface area contributed by atoms with E-state index >= 15 is 0 Å². The lowest BCUT2D eigenvalue weighted by Gasteiger charge is -2.32. The minimum Gasteiger partial charge on any atom is -0.378 e. The van der Waals surface area contributed by atoms with E-state index < -0.39 is 11.0 Å². The molecule has 0 bridgehead atoms. The SMILES string of the molecule is Cc1cc(-c2nc(N3CCOCC3)c3cc(CN4CCN(S(C)=O)CC4)sc3n2)cnc1C. The second-order valence-electron chi connectivity index (χ2n) is 8.66. The normalized spacial score (nSPS) is 19.3. The van der Waals surface area contributed by atoms with Gasteiger partial charge in [-0.05, 0) is 31.5 Å². The molecule has 1 atom stereocenters. The van der Waals surface area contributed by atoms with Crippen molar-refractivity contribution in [1.29, 1.82) is 0 Å². The van der Waals surface area contributed by atoms with Crippen LogP contribution in [0.25, 0.3) is 21.6 Å². The lowest BCUT2D eigenvalue weighted by molar-refractivity contribution is 0.122. The van der Waals surface area contributed by atoms with E-state index in [2.05, 4.69) is 33.8 Å². The molecule has 0 saturated carbocycles. The summed E-state index contributed by atoms with van der Waals surface area (Å²) in [6.07, 6.45) is 3.63. The molecule has 176 valence electrons. The van der Waals surface area contributed by atoms with Gasteiger partial charge >= 0.3 is 0 Å². The van der Waals surface area contributed by atoms with Crippen LogP contribution in [0, 0.1) is 13.8 Å². The van der Waals surface area contributed by atoms with Gasteiger partial charge in [-0.3, -0.25) is 9.88 Å². The van der Waals surface area contributed by atoms with E-state index in [1.165, 1.54) is 4.88 Å². The summed E-state index contributed by atoms with van der Waals surface area (Å²) in [4.78, 5) is 21.6. The summed E-state index contributed by atoms with van der Waals surface area (Å²) < 4.78 is 19.4. The second-order valence-corrected chi connectivity index (χ2v) is 11.1. The van der Waals surface area contributed by atoms with Crippen LogP contribution in [0.4, 0.5) is 5.82 Å². The summed E-state index contributed by atoms with van der Waals surface area (Å²) in [7, 11) is -0.886. The Morgan fingerprint density at radius 1 is 1.06 bits per heavy atom. The number of ether oxygens (including phenoxy) is 1. The van der Waals surface area contributed by atoms with E-state index in [-0.39, 0.29) is 0 Å². The van der Waals surface area contributed by atoms with E-state index in [0.29, 0.717) is 13.2 Å². The summed E-state index contributed by atoms with van der Waals surface area (Å²) >= 11 is 1.75. The van der Waals surface area contributed by atoms with Gasteiger partial charge in [0.05, 0.1) is 29.6 Å². The fraction of sp³-hybridized carbons (Fsp3) is 0.522. The number of thiophene rings is 1. The Bertz CT molecular complexity index is 1170. The predicted molar refractivity (Wildman–Crippen MR) is 134 cm³/mol. The highest BCUT2D eigenvalue weighted by Crippen LogP contribution is 2.34. The Balaban J connectivity index is 1.48. The van der Waals surface area contributed by atoms with Gasteiger partial charge in [-0.25, -0.2) is 18.5 Å². The number of aryl methyl sites for hydroxylation is 2. The molecule has 0 aromatic carbocycles. The first-order valence-electron chi connectivity index (χ1n) is 11.4. The summed E-state index contributed by atoms with van der Waals surface area (Å²) in [5.41, 5.74) is 3.12. The number of rotatable bonds is 5. The van der Waals surface area contributed by atoms with Crippen molar-refractivity contribution >= 4 is 38.4 Å². The minimum atomic E-state index is -0.886. The van der Waals surface area contributed by atoms with Gasteiger partial charge in [0.2, 0.25) is 0 Å². The zero-order chi connectivity index (χ0) is 22.9. The van der Waals surface area contributed by atoms with Crippen LogP contribution in [0.3, 0.4) is 0 Å². The summed E-state index contributed by atoms with van der Waals surface area (Å²) in [5.74, 6) is 1.72. The van der Waals surface area contributed by atoms with Crippen molar-refractivity contribution in [3.05, 3.63) is 34.5 Å². The van der Waals surface area contributed by atoms with Crippen LogP contribution >= 0.6 is 11.3 Å². The van der Waals surface area contributed by atoms with E-state index in [1.54, 1.807) is 17.6 Å². The predicted octanol–water partition coefficient (Wildman–Crippen LogP) is 2.62. The number of nitrogens with zero attached hydrogens (tertiary/aromatic N) is 6. The molecular formula is C23H30N6O2S2. The molecule has 0 radical (unpaired) electrons. The van der Waals surface area contributed by atoms with Gasteiger partial charge in [0, 0.05) is 74.4 Å². The highest BCUT2D eigenvalue weighted by Gasteiger charge is 2.23. The third-order valence-electron chi connectivity index (χ3n) is 6.41. The van der Waals surface area contributed by atoms with E-state index in [4.69, 9.17) is 14.7 Å². The maximum absolute atomic E-state index is 11.7. The molecule has 5 rings (SSSR count). The number of morpholine rings is 1. The number of pyridine rings is 1. The lowest BCUT2D eigenvalue weighted by Crippen LogP contribution is -2.46. The minimum absolute atomic E-state index is 0.714. The fourth-order valence-corrected chi connectivity index (χ4v) is 6.05. The van der Waals surface area contributed by atoms with Crippen LogP contribution in [0.15, 0.2) is 18.3 Å². The van der Waals surface area contributed by atoms with Crippen LogP contribution in [-0.2, 0) is 22.3 Å². The molecule has 2 aliphatic rings. The molecule has 2 saturated heterocycles. The molecule has 0 N–H and O–H groups in total. The molecule has 3 aromatic rings. The van der Waals surface area contributed by atoms with Crippen molar-refractivity contribution in [3.8, 4) is 11.4 Å². The van der Waals surface area contributed by atoms with Gasteiger partial charge in [-0.1, -0.05) is 0 Å². The maximum Gasteiger partial charge on any atom is 0.164 e. The zero-order valence-electron chi connectivity index (χ0n) is 19.4. The molecule has 8 nitrogen and oxygen atoms in total. The van der Waals surface area contributed by atoms with E-state index in [9.17, 15) is 4.21 Å². The topological polar surface area (TPSA) is 74.7 Å². The van der Waals surface area contributed by atoms with Gasteiger partial charge in [-0.2, -0.15) is 0 Å². The lowest BCUT2D eigenvalue weighted by atomic mass is 10.1. The molecule has 10 heteroatoms. The van der Waals surface area contributed by atoms with Crippen LogP contribution in [-0.4, -0.2) is 87.1 Å². The van der Waals surface area contributed by atoms with E-state index in [1.807, 2.05) is 17.4 Å². The van der Waals surface area contributed by atoms with Crippen LogP contribution < -0.4 is 4.90 Å². The van der Waals surface area contributed by atoms with Crippen molar-refractivity contribution < 1.29 is 8.95 Å². The van der Waals surface area contributed by atoms with Crippen molar-refractivity contribution in [1.82, 2.24) is 24.2 Å². The first-order valence-corrected chi connectivity index (χ1v) is 13.7. The first kappa shape index (κ1) is 22.8. The van der Waals surface area contributed by atoms with Gasteiger partial charge in [-0.15, -0.1) is 11.3 Å². The smallest absolute Gasteiger partial charge is 0.164 e. The van der Waals surface area contributed by atoms with Gasteiger partial charge in [0.1, 0.15) is 10.6 Å². The van der Waals surface area contributed by atoms with Crippen LogP contribution in [0.1, 0.15) is 16.1 Å². The first-order chi connectivity index (χ1) is 16.0. The number of aromatic nitrogens is 3. The number of hydrogen-bond donors (Lipinski definition) is 0. The van der Waals surface area contributed by atoms with Gasteiger partial charge < -0.3 is 9.64 Å². The van der Waals surface area contributed by atoms with Crippen LogP contribution in [0.2, 0.25) is 0 Å². The molecule has 5 heterocycles. The maximum atomic E-state index is 11.7. The monoisotopic (exact) mass is 486 g/mol. The molecule has 3 aromatic heterocycles. The van der Waals surface area contributed by atoms with Gasteiger partial charge in [0.15, 0.2) is 5.82 Å². The Kier molecular flexibility index (Phi) is 6.71. The average Bonchev–Trinajstić information content (AvgIpc) is 3.23. The average molecular weight is 487 g/mol. The molecule has 0 amide bonds. The van der Waals surface area contributed by atoms with Crippen molar-refractivity contribution in [3.63, 3.8) is 0 Å². The quantitative estimate of drug-likeness (QED) is 0.549. The summed E-state index contributed by atoms with van der Waals surface area (Å²) in [5, 5.41) is 1.12. The Morgan fingerprint density at radius 3 is 2.52 bits per heavy atom. The fourth-order valence-electron chi connectivity index (χ4n) is 4.31. The molecular weight excluding hydrogens is 456 g/mol. The molecule has 0 spiro atoms. The molecule has 2 fully saturated rings. The molecule has 0 aliphatic carbocycles. The Morgan fingerprint density at radius 2 is 1.82 bits per heavy atom. The van der Waals surface area contributed by atoms with Crippen molar-refractivity contribution in [2.45, 2.75) is 20.4 Å². The second kappa shape index (κ2) is 9.71. The third kappa shape index (κ3) is 4.95. The molecule has 1 unspecified atom stereocenters. The zero-order valence-corrected chi connectivity index (χ0v) is 21.0. The largest absolute Gasteiger partial charge is 0.378 e. The number of hydrogen-bond acceptors (Lipinski definition) is 8. The molecule has 33 heavy (non-hydrogen) atoms. The highest BCUT2D eigenvalue weighted by atomic mass is 32.2. The summed E-state index contributed by atoms with van der Waals surface area (Å²) in [6, 6.07) is 4.38. The highest BCUT2D eigenvalue weighted by molar-refractivity contribution is 7.81. The Labute approximate surface area is 201 Å². The molecule has 2 aliphatic heterocycles. The van der Waals surface area contributed by atoms with Crippen LogP contribution in [0.5, 0.6) is 0 Å². The number of anilines is 1. The van der Waals surface area contributed by atoms with Crippen molar-refractivity contribution in [2.75, 3.05) is 63.6 Å². The number of fused-ring (bicyclic) bond motifs is 1. The standard InChI is InChI=1S/C23H30N6O2S2/c1-16-12-18(14-24-17(16)2)21-25-22(28-8-10-31-11-9-28)20-13-19(32-23(20)26-21)15-27-4-6-29(7-5-27)33(3)30/h12-14H,4-11,15H2,1-3H3. The third-order valence-corrected chi connectivity index (χ3v) is 8.51. The van der Waals surface area contributed by atoms with Crippen molar-refractivity contribution in [2.24, 2.45) is 0 Å². The van der Waals surface area contributed by atoms with Gasteiger partial charge in [0.25, 0.3) is 0 Å². The summed E-state index contributed by atoms with van der Waals surface area (Å²) in [6.45, 7) is 11.6. The number of piperazine rings is 1. The van der Waals surface area contributed by atoms with E-state index in [0.717, 1.165) is 84.5 Å². The Hall–Kier alpha value is -1.98.